The van der Waals surface area contributed by atoms with Gasteiger partial charge in [-0.05, 0) is 25.0 Å². The number of anilines is 1. The van der Waals surface area contributed by atoms with Gasteiger partial charge in [0.25, 0.3) is 5.84 Å². The van der Waals surface area contributed by atoms with Crippen molar-refractivity contribution in [2.24, 2.45) is 16.0 Å². The Kier molecular flexibility index (Phi) is 4.14. The van der Waals surface area contributed by atoms with E-state index < -0.39 is 10.7 Å². The summed E-state index contributed by atoms with van der Waals surface area (Å²) in [7, 11) is 0. The first-order valence-electron chi connectivity index (χ1n) is 8.70. The summed E-state index contributed by atoms with van der Waals surface area (Å²) >= 11 is 0. The summed E-state index contributed by atoms with van der Waals surface area (Å²) in [4.78, 5) is 15.7. The normalized spacial score (nSPS) is 27.9. The van der Waals surface area contributed by atoms with Crippen molar-refractivity contribution in [1.82, 2.24) is 5.43 Å². The lowest BCUT2D eigenvalue weighted by Crippen LogP contribution is -2.57. The van der Waals surface area contributed by atoms with Gasteiger partial charge in [0, 0.05) is 18.1 Å². The second-order valence-electron chi connectivity index (χ2n) is 6.70. The summed E-state index contributed by atoms with van der Waals surface area (Å²) in [5, 5.41) is 26.7. The van der Waals surface area contributed by atoms with Crippen LogP contribution in [-0.4, -0.2) is 27.4 Å². The van der Waals surface area contributed by atoms with E-state index in [0.29, 0.717) is 12.1 Å². The van der Waals surface area contributed by atoms with E-state index in [2.05, 4.69) is 20.9 Å². The standard InChI is InChI=1S/C19H19N5O3/c1-12-7-8-15(22-21-14-5-3-2-4-6-14)18-17(12)23-24(27)10-9-13(19(25)26)11-16(24)20-18/h2-6,9-12,21,23H,7-8H2,1H3,(H,25,26). The molecule has 1 aromatic carbocycles. The van der Waals surface area contributed by atoms with E-state index >= 15 is 0 Å². The van der Waals surface area contributed by atoms with E-state index in [1.54, 1.807) is 0 Å². The van der Waals surface area contributed by atoms with Crippen molar-refractivity contribution in [1.29, 1.82) is 0 Å². The van der Waals surface area contributed by atoms with E-state index in [9.17, 15) is 15.1 Å². The van der Waals surface area contributed by atoms with Gasteiger partial charge >= 0.3 is 5.97 Å². The molecule has 2 heterocycles. The van der Waals surface area contributed by atoms with Crippen molar-refractivity contribution >= 4 is 23.2 Å². The number of hydrogen-bond donors (Lipinski definition) is 3. The molecule has 2 aliphatic heterocycles. The summed E-state index contributed by atoms with van der Waals surface area (Å²) in [6.07, 6.45) is 5.40. The average Bonchev–Trinajstić information content (AvgIpc) is 2.66. The zero-order chi connectivity index (χ0) is 19.0. The molecule has 2 unspecified atom stereocenters. The van der Waals surface area contributed by atoms with Crippen LogP contribution >= 0.6 is 0 Å². The molecule has 0 amide bonds. The first kappa shape index (κ1) is 17.2. The van der Waals surface area contributed by atoms with Crippen molar-refractivity contribution in [3.63, 3.8) is 0 Å². The zero-order valence-corrected chi connectivity index (χ0v) is 14.7. The minimum atomic E-state index is -1.10. The van der Waals surface area contributed by atoms with Gasteiger partial charge in [-0.3, -0.25) is 5.43 Å². The minimum absolute atomic E-state index is 0.0222. The van der Waals surface area contributed by atoms with Gasteiger partial charge in [-0.2, -0.15) is 14.8 Å². The molecule has 0 saturated carbocycles. The van der Waals surface area contributed by atoms with Gasteiger partial charge in [0.1, 0.15) is 11.9 Å². The van der Waals surface area contributed by atoms with E-state index in [4.69, 9.17) is 0 Å². The molecule has 8 nitrogen and oxygen atoms in total. The van der Waals surface area contributed by atoms with Crippen LogP contribution in [0, 0.1) is 11.1 Å². The molecule has 1 aliphatic carbocycles. The van der Waals surface area contributed by atoms with Crippen molar-refractivity contribution in [2.75, 3.05) is 5.43 Å². The van der Waals surface area contributed by atoms with Gasteiger partial charge in [-0.15, -0.1) is 0 Å². The molecule has 0 fully saturated rings. The highest BCUT2D eigenvalue weighted by atomic mass is 16.6. The molecule has 1 aromatic rings. The van der Waals surface area contributed by atoms with E-state index in [1.807, 2.05) is 37.3 Å². The topological polar surface area (TPSA) is 109 Å². The highest BCUT2D eigenvalue weighted by molar-refractivity contribution is 6.07. The van der Waals surface area contributed by atoms with Crippen LogP contribution in [0.4, 0.5) is 5.69 Å². The Morgan fingerprint density at radius 1 is 1.41 bits per heavy atom. The number of carboxylic acids is 1. The maximum atomic E-state index is 13.0. The van der Waals surface area contributed by atoms with Gasteiger partial charge in [0.15, 0.2) is 0 Å². The SMILES string of the molecule is CC1CCC(=NNc2ccccc2)C2=C1N[N+]1([O-])C=CC(C(=O)O)=CC1=N2. The maximum Gasteiger partial charge on any atom is 0.336 e. The predicted octanol–water partition coefficient (Wildman–Crippen LogP) is 2.87. The van der Waals surface area contributed by atoms with Crippen LogP contribution in [0.2, 0.25) is 0 Å². The second-order valence-corrected chi connectivity index (χ2v) is 6.70. The Hall–Kier alpha value is -3.23. The van der Waals surface area contributed by atoms with Gasteiger partial charge in [-0.1, -0.05) is 25.1 Å². The summed E-state index contributed by atoms with van der Waals surface area (Å²) in [6.45, 7) is 2.03. The second kappa shape index (κ2) is 6.49. The summed E-state index contributed by atoms with van der Waals surface area (Å²) < 4.78 is -1.00. The molecule has 3 N–H and O–H groups in total. The first-order valence-corrected chi connectivity index (χ1v) is 8.70. The molecule has 0 aromatic heterocycles. The fourth-order valence-corrected chi connectivity index (χ4v) is 3.22. The number of carboxylic acid groups (broad SMARTS) is 1. The van der Waals surface area contributed by atoms with Gasteiger partial charge in [-0.25, -0.2) is 10.2 Å². The number of rotatable bonds is 3. The molecule has 4 rings (SSSR count). The van der Waals surface area contributed by atoms with Crippen LogP contribution in [0.5, 0.6) is 0 Å². The molecule has 2 atom stereocenters. The molecule has 0 spiro atoms. The number of hydrazone groups is 1. The van der Waals surface area contributed by atoms with Crippen LogP contribution in [-0.2, 0) is 4.79 Å². The maximum absolute atomic E-state index is 13.0. The number of benzene rings is 1. The number of quaternary nitrogens is 1. The van der Waals surface area contributed by atoms with Crippen molar-refractivity contribution < 1.29 is 14.7 Å². The molecule has 0 saturated heterocycles. The van der Waals surface area contributed by atoms with Crippen molar-refractivity contribution in [3.05, 3.63) is 70.9 Å². The zero-order valence-electron chi connectivity index (χ0n) is 14.7. The Morgan fingerprint density at radius 2 is 2.19 bits per heavy atom. The summed E-state index contributed by atoms with van der Waals surface area (Å²) in [6, 6.07) is 9.56. The molecular formula is C19H19N5O3. The molecule has 138 valence electrons. The Morgan fingerprint density at radius 3 is 2.93 bits per heavy atom. The molecule has 0 bridgehead atoms. The van der Waals surface area contributed by atoms with Crippen molar-refractivity contribution in [3.8, 4) is 0 Å². The molecular weight excluding hydrogens is 346 g/mol. The quantitative estimate of drug-likeness (QED) is 0.433. The number of nitrogens with zero attached hydrogens (tertiary/aromatic N) is 3. The monoisotopic (exact) mass is 365 g/mol. The molecule has 0 radical (unpaired) electrons. The van der Waals surface area contributed by atoms with Gasteiger partial charge in [0.05, 0.1) is 22.7 Å². The van der Waals surface area contributed by atoms with Gasteiger partial charge < -0.3 is 10.3 Å². The number of amidine groups is 1. The fraction of sp³-hybridized carbons (Fsp3) is 0.211. The van der Waals surface area contributed by atoms with E-state index in [-0.39, 0.29) is 17.3 Å². The molecule has 8 heteroatoms. The number of hydrogen-bond acceptors (Lipinski definition) is 6. The Bertz CT molecular complexity index is 945. The fourth-order valence-electron chi connectivity index (χ4n) is 3.22. The summed E-state index contributed by atoms with van der Waals surface area (Å²) in [5.74, 6) is -0.894. The largest absolute Gasteiger partial charge is 0.595 e. The third-order valence-electron chi connectivity index (χ3n) is 4.78. The predicted molar refractivity (Wildman–Crippen MR) is 102 cm³/mol. The molecule has 3 aliphatic rings. The summed E-state index contributed by atoms with van der Waals surface area (Å²) in [5.41, 5.74) is 8.93. The Balaban J connectivity index is 1.72. The number of aliphatic carboxylic acids is 1. The van der Waals surface area contributed by atoms with Crippen LogP contribution in [0.15, 0.2) is 75.7 Å². The Labute approximate surface area is 156 Å². The highest BCUT2D eigenvalue weighted by Gasteiger charge is 2.38. The number of aliphatic imine (C=N–C) groups is 1. The number of carbonyl (C=O) groups is 1. The number of para-hydroxylation sites is 1. The van der Waals surface area contributed by atoms with Crippen LogP contribution in [0.1, 0.15) is 19.8 Å². The minimum Gasteiger partial charge on any atom is -0.595 e. The first-order chi connectivity index (χ1) is 13.0. The van der Waals surface area contributed by atoms with Crippen LogP contribution in [0.3, 0.4) is 0 Å². The number of allylic oxidation sites excluding steroid dienone is 2. The average molecular weight is 365 g/mol. The van der Waals surface area contributed by atoms with E-state index in [1.165, 1.54) is 18.4 Å². The number of hydroxylamine groups is 2. The smallest absolute Gasteiger partial charge is 0.336 e. The van der Waals surface area contributed by atoms with Crippen LogP contribution in [0.25, 0.3) is 0 Å². The lowest BCUT2D eigenvalue weighted by molar-refractivity contribution is -0.780. The number of fused-ring (bicyclic) bond motifs is 1. The highest BCUT2D eigenvalue weighted by Crippen LogP contribution is 2.33. The van der Waals surface area contributed by atoms with Gasteiger partial charge in [0.2, 0.25) is 0 Å². The third-order valence-corrected chi connectivity index (χ3v) is 4.78. The lowest BCUT2D eigenvalue weighted by Gasteiger charge is -2.44. The van der Waals surface area contributed by atoms with Crippen LogP contribution < -0.4 is 10.9 Å². The molecule has 27 heavy (non-hydrogen) atoms. The lowest BCUT2D eigenvalue weighted by atomic mass is 9.90. The third kappa shape index (κ3) is 3.16. The van der Waals surface area contributed by atoms with E-state index in [0.717, 1.165) is 23.5 Å². The number of nitrogens with one attached hydrogen (secondary N) is 2. The van der Waals surface area contributed by atoms with Crippen molar-refractivity contribution in [2.45, 2.75) is 19.8 Å².